The summed E-state index contributed by atoms with van der Waals surface area (Å²) in [4.78, 5) is 10.8. The third-order valence-corrected chi connectivity index (χ3v) is 2.37. The fourth-order valence-corrected chi connectivity index (χ4v) is 1.39. The van der Waals surface area contributed by atoms with Crippen molar-refractivity contribution in [2.75, 3.05) is 0 Å². The smallest absolute Gasteiger partial charge is 0.234 e. The van der Waals surface area contributed by atoms with Gasteiger partial charge in [-0.15, -0.1) is 5.10 Å². The van der Waals surface area contributed by atoms with E-state index < -0.39 is 11.9 Å². The van der Waals surface area contributed by atoms with Crippen LogP contribution in [0.1, 0.15) is 31.9 Å². The molecule has 6 nitrogen and oxygen atoms in total. The predicted octanol–water partition coefficient (Wildman–Crippen LogP) is -0.177. The molecule has 0 unspecified atom stereocenters. The van der Waals surface area contributed by atoms with Crippen molar-refractivity contribution in [1.82, 2.24) is 15.0 Å². The lowest BCUT2D eigenvalue weighted by Gasteiger charge is -2.02. The highest BCUT2D eigenvalue weighted by atomic mass is 16.1. The molecule has 4 N–H and O–H groups in total. The minimum Gasteiger partial charge on any atom is -0.368 e. The summed E-state index contributed by atoms with van der Waals surface area (Å²) >= 11 is 0. The van der Waals surface area contributed by atoms with Crippen LogP contribution in [0.2, 0.25) is 0 Å². The molecular formula is C10H19N5O. The molecule has 1 amide bonds. The molecule has 16 heavy (non-hydrogen) atoms. The molecule has 0 aliphatic heterocycles. The maximum atomic E-state index is 10.8. The molecule has 1 aromatic rings. The van der Waals surface area contributed by atoms with Gasteiger partial charge in [0.25, 0.3) is 0 Å². The first kappa shape index (κ1) is 12.6. The Morgan fingerprint density at radius 1 is 1.56 bits per heavy atom. The Labute approximate surface area is 95.0 Å². The van der Waals surface area contributed by atoms with Gasteiger partial charge in [0.05, 0.1) is 11.7 Å². The van der Waals surface area contributed by atoms with E-state index in [-0.39, 0.29) is 0 Å². The van der Waals surface area contributed by atoms with E-state index >= 15 is 0 Å². The summed E-state index contributed by atoms with van der Waals surface area (Å²) in [6, 6.07) is -0.680. The third kappa shape index (κ3) is 3.98. The van der Waals surface area contributed by atoms with Gasteiger partial charge < -0.3 is 11.5 Å². The SMILES string of the molecule is CCCCCn1cc(C[C@H](N)C(N)=O)nn1. The van der Waals surface area contributed by atoms with Gasteiger partial charge in [0, 0.05) is 19.2 Å². The molecule has 0 saturated heterocycles. The van der Waals surface area contributed by atoms with Crippen LogP contribution in [-0.4, -0.2) is 26.9 Å². The number of aromatic nitrogens is 3. The fraction of sp³-hybridized carbons (Fsp3) is 0.700. The van der Waals surface area contributed by atoms with Gasteiger partial charge in [-0.2, -0.15) is 0 Å². The molecule has 0 radical (unpaired) electrons. The molecule has 1 atom stereocenters. The number of carbonyl (C=O) groups is 1. The van der Waals surface area contributed by atoms with Gasteiger partial charge in [-0.3, -0.25) is 9.48 Å². The summed E-state index contributed by atoms with van der Waals surface area (Å²) in [5, 5.41) is 7.90. The second-order valence-electron chi connectivity index (χ2n) is 3.89. The number of hydrogen-bond donors (Lipinski definition) is 2. The number of primary amides is 1. The Balaban J connectivity index is 2.42. The molecule has 1 rings (SSSR count). The summed E-state index contributed by atoms with van der Waals surface area (Å²) in [7, 11) is 0. The maximum absolute atomic E-state index is 10.8. The number of rotatable bonds is 7. The van der Waals surface area contributed by atoms with E-state index in [0.29, 0.717) is 12.1 Å². The summed E-state index contributed by atoms with van der Waals surface area (Å²) in [6.45, 7) is 3.01. The zero-order chi connectivity index (χ0) is 12.0. The molecule has 0 saturated carbocycles. The van der Waals surface area contributed by atoms with Gasteiger partial charge in [-0.05, 0) is 6.42 Å². The standard InChI is InChI=1S/C10H19N5O/c1-2-3-4-5-15-7-8(13-14-15)6-9(11)10(12)16/h7,9H,2-6,11H2,1H3,(H2,12,16)/t9-/m0/s1. The summed E-state index contributed by atoms with van der Waals surface area (Å²) < 4.78 is 1.78. The summed E-state index contributed by atoms with van der Waals surface area (Å²) in [6.07, 6.45) is 5.60. The van der Waals surface area contributed by atoms with Crippen LogP contribution in [0.3, 0.4) is 0 Å². The largest absolute Gasteiger partial charge is 0.368 e. The van der Waals surface area contributed by atoms with Crippen molar-refractivity contribution in [2.24, 2.45) is 11.5 Å². The van der Waals surface area contributed by atoms with Crippen LogP contribution >= 0.6 is 0 Å². The highest BCUT2D eigenvalue weighted by Gasteiger charge is 2.12. The van der Waals surface area contributed by atoms with Crippen LogP contribution < -0.4 is 11.5 Å². The topological polar surface area (TPSA) is 99.8 Å². The Morgan fingerprint density at radius 2 is 2.31 bits per heavy atom. The second-order valence-corrected chi connectivity index (χ2v) is 3.89. The number of nitrogens with two attached hydrogens (primary N) is 2. The van der Waals surface area contributed by atoms with E-state index in [0.717, 1.165) is 13.0 Å². The van der Waals surface area contributed by atoms with Gasteiger partial charge in [0.1, 0.15) is 0 Å². The summed E-state index contributed by atoms with van der Waals surface area (Å²) in [5.74, 6) is -0.513. The average molecular weight is 225 g/mol. The van der Waals surface area contributed by atoms with Gasteiger partial charge in [0.15, 0.2) is 0 Å². The molecule has 1 heterocycles. The maximum Gasteiger partial charge on any atom is 0.234 e. The number of hydrogen-bond acceptors (Lipinski definition) is 4. The Bertz CT molecular complexity index is 336. The Morgan fingerprint density at radius 3 is 2.94 bits per heavy atom. The lowest BCUT2D eigenvalue weighted by atomic mass is 10.2. The van der Waals surface area contributed by atoms with E-state index in [1.165, 1.54) is 12.8 Å². The van der Waals surface area contributed by atoms with Crippen LogP contribution in [0.4, 0.5) is 0 Å². The first-order valence-electron chi connectivity index (χ1n) is 5.57. The molecule has 0 fully saturated rings. The van der Waals surface area contributed by atoms with E-state index in [4.69, 9.17) is 11.5 Å². The number of amides is 1. The van der Waals surface area contributed by atoms with Gasteiger partial charge >= 0.3 is 0 Å². The lowest BCUT2D eigenvalue weighted by Crippen LogP contribution is -2.38. The van der Waals surface area contributed by atoms with E-state index in [1.54, 1.807) is 4.68 Å². The average Bonchev–Trinajstić information content (AvgIpc) is 2.66. The molecule has 0 aliphatic rings. The van der Waals surface area contributed by atoms with Gasteiger partial charge in [-0.25, -0.2) is 0 Å². The molecule has 0 aliphatic carbocycles. The van der Waals surface area contributed by atoms with Crippen molar-refractivity contribution >= 4 is 5.91 Å². The molecule has 0 aromatic carbocycles. The summed E-state index contributed by atoms with van der Waals surface area (Å²) in [5.41, 5.74) is 11.3. The quantitative estimate of drug-likeness (QED) is 0.629. The number of unbranched alkanes of at least 4 members (excludes halogenated alkanes) is 2. The van der Waals surface area contributed by atoms with Crippen LogP contribution in [-0.2, 0) is 17.8 Å². The Kier molecular flexibility index (Phi) is 4.91. The minimum atomic E-state index is -0.680. The highest BCUT2D eigenvalue weighted by molar-refractivity contribution is 5.79. The highest BCUT2D eigenvalue weighted by Crippen LogP contribution is 2.01. The van der Waals surface area contributed by atoms with E-state index in [2.05, 4.69) is 17.2 Å². The minimum absolute atomic E-state index is 0.350. The molecule has 0 bridgehead atoms. The molecule has 90 valence electrons. The van der Waals surface area contributed by atoms with E-state index in [1.807, 2.05) is 6.20 Å². The number of nitrogens with zero attached hydrogens (tertiary/aromatic N) is 3. The molecule has 0 spiro atoms. The Hall–Kier alpha value is -1.43. The predicted molar refractivity (Wildman–Crippen MR) is 60.4 cm³/mol. The molecule has 1 aromatic heterocycles. The zero-order valence-electron chi connectivity index (χ0n) is 9.59. The van der Waals surface area contributed by atoms with Crippen LogP contribution in [0, 0.1) is 0 Å². The van der Waals surface area contributed by atoms with Crippen molar-refractivity contribution in [1.29, 1.82) is 0 Å². The molecule has 6 heteroatoms. The van der Waals surface area contributed by atoms with Crippen molar-refractivity contribution in [3.63, 3.8) is 0 Å². The zero-order valence-corrected chi connectivity index (χ0v) is 9.59. The van der Waals surface area contributed by atoms with Crippen molar-refractivity contribution < 1.29 is 4.79 Å². The lowest BCUT2D eigenvalue weighted by molar-refractivity contribution is -0.119. The van der Waals surface area contributed by atoms with Gasteiger partial charge in [-0.1, -0.05) is 25.0 Å². The third-order valence-electron chi connectivity index (χ3n) is 2.37. The normalized spacial score (nSPS) is 12.6. The van der Waals surface area contributed by atoms with E-state index in [9.17, 15) is 4.79 Å². The first-order valence-corrected chi connectivity index (χ1v) is 5.57. The number of aryl methyl sites for hydroxylation is 1. The fourth-order valence-electron chi connectivity index (χ4n) is 1.39. The van der Waals surface area contributed by atoms with Crippen molar-refractivity contribution in [3.8, 4) is 0 Å². The van der Waals surface area contributed by atoms with Crippen LogP contribution in [0.15, 0.2) is 6.20 Å². The first-order chi connectivity index (χ1) is 7.63. The molecular weight excluding hydrogens is 206 g/mol. The van der Waals surface area contributed by atoms with Crippen LogP contribution in [0.5, 0.6) is 0 Å². The monoisotopic (exact) mass is 225 g/mol. The van der Waals surface area contributed by atoms with Crippen LogP contribution in [0.25, 0.3) is 0 Å². The van der Waals surface area contributed by atoms with Gasteiger partial charge in [0.2, 0.25) is 5.91 Å². The second kappa shape index (κ2) is 6.22. The van der Waals surface area contributed by atoms with Crippen molar-refractivity contribution in [2.45, 2.75) is 45.2 Å². The number of carbonyl (C=O) groups excluding carboxylic acids is 1. The van der Waals surface area contributed by atoms with Crippen molar-refractivity contribution in [3.05, 3.63) is 11.9 Å².